The Morgan fingerprint density at radius 2 is 1.77 bits per heavy atom. The molecule has 1 N–H and O–H groups in total. The number of hydrogen-bond acceptors (Lipinski definition) is 2. The number of Topliss-reactive ketones (excluding diaryl/α,β-unsaturated/α-hetero) is 1. The quantitative estimate of drug-likeness (QED) is 0.791. The predicted octanol–water partition coefficient (Wildman–Crippen LogP) is 4.74. The van der Waals surface area contributed by atoms with Crippen LogP contribution in [0.4, 0.5) is 0 Å². The van der Waals surface area contributed by atoms with Gasteiger partial charge in [0, 0.05) is 24.8 Å². The first-order valence-electron chi connectivity index (χ1n) is 11.1. The van der Waals surface area contributed by atoms with Crippen LogP contribution >= 0.6 is 0 Å². The van der Waals surface area contributed by atoms with Crippen molar-refractivity contribution >= 4 is 11.7 Å². The third kappa shape index (κ3) is 2.67. The number of carbonyl (C=O) groups is 2. The molecule has 26 heavy (non-hydrogen) atoms. The molecule has 1 heterocycles. The molecule has 7 atom stereocenters. The van der Waals surface area contributed by atoms with Crippen LogP contribution in [-0.4, -0.2) is 17.7 Å². The molecule has 1 aliphatic heterocycles. The van der Waals surface area contributed by atoms with E-state index in [2.05, 4.69) is 33.0 Å². The largest absolute Gasteiger partial charge is 0.353 e. The average Bonchev–Trinajstić information content (AvgIpc) is 2.92. The van der Waals surface area contributed by atoms with Crippen molar-refractivity contribution in [3.63, 3.8) is 0 Å². The van der Waals surface area contributed by atoms with Crippen LogP contribution < -0.4 is 5.32 Å². The van der Waals surface area contributed by atoms with Gasteiger partial charge >= 0.3 is 0 Å². The molecule has 0 aromatic heterocycles. The first-order chi connectivity index (χ1) is 12.3. The molecule has 0 unspecified atom stereocenters. The second-order valence-electron chi connectivity index (χ2n) is 10.8. The van der Waals surface area contributed by atoms with Crippen LogP contribution in [0.2, 0.25) is 0 Å². The van der Waals surface area contributed by atoms with E-state index in [1.165, 1.54) is 25.7 Å². The number of rotatable bonds is 3. The van der Waals surface area contributed by atoms with E-state index in [4.69, 9.17) is 0 Å². The molecule has 146 valence electrons. The standard InChI is InChI=1S/C23H37NO2/c1-14(2)13-19(25)18-7-6-16-15-5-8-20-23(4,12-10-21(26)24-20)17(15)9-11-22(16,18)3/h14-18,20H,5-13H2,1-4H3,(H,24,26)/t15-,16-,17-,18+,20+,22-,23+/m0/s1. The van der Waals surface area contributed by atoms with Gasteiger partial charge in [0.25, 0.3) is 0 Å². The lowest BCUT2D eigenvalue weighted by Crippen LogP contribution is -2.61. The van der Waals surface area contributed by atoms with Gasteiger partial charge in [-0.3, -0.25) is 9.59 Å². The lowest BCUT2D eigenvalue weighted by molar-refractivity contribution is -0.141. The molecule has 0 bridgehead atoms. The molecule has 3 heteroatoms. The summed E-state index contributed by atoms with van der Waals surface area (Å²) in [5, 5.41) is 3.32. The molecular formula is C23H37NO2. The Hall–Kier alpha value is -0.860. The van der Waals surface area contributed by atoms with Crippen molar-refractivity contribution in [2.45, 2.75) is 91.5 Å². The van der Waals surface area contributed by atoms with Gasteiger partial charge in [0.2, 0.25) is 5.91 Å². The second-order valence-corrected chi connectivity index (χ2v) is 10.8. The van der Waals surface area contributed by atoms with Gasteiger partial charge in [-0.25, -0.2) is 0 Å². The lowest BCUT2D eigenvalue weighted by Gasteiger charge is -2.60. The van der Waals surface area contributed by atoms with E-state index in [1.54, 1.807) is 0 Å². The maximum Gasteiger partial charge on any atom is 0.220 e. The number of hydrogen-bond donors (Lipinski definition) is 1. The van der Waals surface area contributed by atoms with Crippen molar-refractivity contribution in [1.29, 1.82) is 0 Å². The molecular weight excluding hydrogens is 322 g/mol. The summed E-state index contributed by atoms with van der Waals surface area (Å²) in [5.41, 5.74) is 0.506. The molecule has 3 nitrogen and oxygen atoms in total. The Morgan fingerprint density at radius 1 is 1.04 bits per heavy atom. The van der Waals surface area contributed by atoms with Crippen LogP contribution in [0.25, 0.3) is 0 Å². The number of fused-ring (bicyclic) bond motifs is 5. The molecule has 1 saturated heterocycles. The van der Waals surface area contributed by atoms with Gasteiger partial charge in [0.15, 0.2) is 0 Å². The third-order valence-electron chi connectivity index (χ3n) is 9.09. The van der Waals surface area contributed by atoms with E-state index in [-0.39, 0.29) is 16.7 Å². The van der Waals surface area contributed by atoms with Crippen LogP contribution in [0.15, 0.2) is 0 Å². The number of nitrogens with one attached hydrogen (secondary N) is 1. The van der Waals surface area contributed by atoms with Crippen LogP contribution in [0, 0.1) is 40.4 Å². The zero-order chi connectivity index (χ0) is 18.7. The van der Waals surface area contributed by atoms with Gasteiger partial charge in [0.1, 0.15) is 5.78 Å². The molecule has 1 amide bonds. The molecule has 4 rings (SSSR count). The summed E-state index contributed by atoms with van der Waals surface area (Å²) in [5.74, 6) is 3.78. The molecule has 3 saturated carbocycles. The number of piperidine rings is 1. The SMILES string of the molecule is CC(C)CC(=O)[C@H]1CC[C@H]2[C@@H]3CC[C@H]4NC(=O)CC[C@]4(C)[C@H]3CC[C@]12C. The predicted molar refractivity (Wildman–Crippen MR) is 104 cm³/mol. The Bertz CT molecular complexity index is 599. The van der Waals surface area contributed by atoms with Crippen LogP contribution in [0.1, 0.15) is 85.5 Å². The summed E-state index contributed by atoms with van der Waals surface area (Å²) in [4.78, 5) is 24.9. The van der Waals surface area contributed by atoms with Crippen molar-refractivity contribution in [1.82, 2.24) is 5.32 Å². The highest BCUT2D eigenvalue weighted by Crippen LogP contribution is 2.65. The Balaban J connectivity index is 1.56. The molecule has 0 spiro atoms. The minimum atomic E-state index is 0.230. The molecule has 0 radical (unpaired) electrons. The van der Waals surface area contributed by atoms with Crippen molar-refractivity contribution in [3.8, 4) is 0 Å². The molecule has 3 aliphatic carbocycles. The van der Waals surface area contributed by atoms with Gasteiger partial charge in [-0.1, -0.05) is 27.7 Å². The Kier molecular flexibility index (Phi) is 4.51. The van der Waals surface area contributed by atoms with Crippen molar-refractivity contribution in [3.05, 3.63) is 0 Å². The first kappa shape index (κ1) is 18.5. The van der Waals surface area contributed by atoms with E-state index in [9.17, 15) is 9.59 Å². The topological polar surface area (TPSA) is 46.2 Å². The van der Waals surface area contributed by atoms with E-state index in [0.29, 0.717) is 30.1 Å². The van der Waals surface area contributed by atoms with Crippen molar-refractivity contribution < 1.29 is 9.59 Å². The van der Waals surface area contributed by atoms with Gasteiger partial charge in [-0.15, -0.1) is 0 Å². The van der Waals surface area contributed by atoms with E-state index < -0.39 is 0 Å². The number of carbonyl (C=O) groups excluding carboxylic acids is 2. The van der Waals surface area contributed by atoms with Gasteiger partial charge in [-0.2, -0.15) is 0 Å². The number of ketones is 1. The molecule has 0 aromatic carbocycles. The highest BCUT2D eigenvalue weighted by Gasteiger charge is 2.61. The summed E-state index contributed by atoms with van der Waals surface area (Å²) in [6, 6.07) is 0.383. The maximum absolute atomic E-state index is 13.0. The Labute approximate surface area is 159 Å². The summed E-state index contributed by atoms with van der Waals surface area (Å²) < 4.78 is 0. The minimum absolute atomic E-state index is 0.230. The highest BCUT2D eigenvalue weighted by molar-refractivity contribution is 5.82. The summed E-state index contributed by atoms with van der Waals surface area (Å²) >= 11 is 0. The van der Waals surface area contributed by atoms with E-state index >= 15 is 0 Å². The smallest absolute Gasteiger partial charge is 0.220 e. The fraction of sp³-hybridized carbons (Fsp3) is 0.913. The van der Waals surface area contributed by atoms with Crippen LogP contribution in [0.5, 0.6) is 0 Å². The fourth-order valence-corrected chi connectivity index (χ4v) is 7.78. The van der Waals surface area contributed by atoms with Gasteiger partial charge in [0.05, 0.1) is 0 Å². The normalized spacial score (nSPS) is 47.7. The molecule has 4 aliphatic rings. The summed E-state index contributed by atoms with van der Waals surface area (Å²) in [7, 11) is 0. The molecule has 0 aromatic rings. The number of amides is 1. The van der Waals surface area contributed by atoms with E-state index in [0.717, 1.165) is 43.4 Å². The van der Waals surface area contributed by atoms with E-state index in [1.807, 2.05) is 0 Å². The first-order valence-corrected chi connectivity index (χ1v) is 11.1. The zero-order valence-electron chi connectivity index (χ0n) is 17.1. The molecule has 4 fully saturated rings. The highest BCUT2D eigenvalue weighted by atomic mass is 16.1. The second kappa shape index (κ2) is 6.34. The fourth-order valence-electron chi connectivity index (χ4n) is 7.78. The van der Waals surface area contributed by atoms with Gasteiger partial charge in [-0.05, 0) is 79.4 Å². The maximum atomic E-state index is 13.0. The van der Waals surface area contributed by atoms with Gasteiger partial charge < -0.3 is 5.32 Å². The third-order valence-corrected chi connectivity index (χ3v) is 9.09. The average molecular weight is 360 g/mol. The summed E-state index contributed by atoms with van der Waals surface area (Å²) in [6.07, 6.45) is 9.74. The monoisotopic (exact) mass is 359 g/mol. The Morgan fingerprint density at radius 3 is 2.50 bits per heavy atom. The van der Waals surface area contributed by atoms with Crippen molar-refractivity contribution in [2.24, 2.45) is 40.4 Å². The van der Waals surface area contributed by atoms with Crippen LogP contribution in [-0.2, 0) is 9.59 Å². The van der Waals surface area contributed by atoms with Crippen molar-refractivity contribution in [2.75, 3.05) is 0 Å². The van der Waals surface area contributed by atoms with Crippen LogP contribution in [0.3, 0.4) is 0 Å². The lowest BCUT2D eigenvalue weighted by atomic mass is 9.47. The zero-order valence-corrected chi connectivity index (χ0v) is 17.1. The minimum Gasteiger partial charge on any atom is -0.353 e. The summed E-state index contributed by atoms with van der Waals surface area (Å²) in [6.45, 7) is 9.24.